The first-order valence-electron chi connectivity index (χ1n) is 9.22. The number of hydrogen-bond acceptors (Lipinski definition) is 7. The molecule has 30 heavy (non-hydrogen) atoms. The van der Waals surface area contributed by atoms with Gasteiger partial charge in [-0.15, -0.1) is 0 Å². The number of ether oxygens (including phenoxy) is 2. The van der Waals surface area contributed by atoms with E-state index in [9.17, 15) is 4.79 Å². The minimum absolute atomic E-state index is 0.202. The van der Waals surface area contributed by atoms with Crippen molar-refractivity contribution in [2.75, 3.05) is 6.79 Å². The molecule has 0 saturated heterocycles. The van der Waals surface area contributed by atoms with Crippen molar-refractivity contribution in [2.24, 2.45) is 0 Å². The number of benzene rings is 2. The van der Waals surface area contributed by atoms with Crippen molar-refractivity contribution in [3.63, 3.8) is 0 Å². The average Bonchev–Trinajstić information content (AvgIpc) is 3.43. The van der Waals surface area contributed by atoms with Crippen LogP contribution in [0.5, 0.6) is 11.5 Å². The number of hydrogen-bond donors (Lipinski definition) is 0. The summed E-state index contributed by atoms with van der Waals surface area (Å²) >= 11 is 5.90. The van der Waals surface area contributed by atoms with Gasteiger partial charge in [-0.2, -0.15) is 10.1 Å². The quantitative estimate of drug-likeness (QED) is 0.485. The number of aryl methyl sites for hydroxylation is 2. The Morgan fingerprint density at radius 2 is 1.77 bits per heavy atom. The molecule has 4 aromatic rings. The van der Waals surface area contributed by atoms with Crippen LogP contribution in [0.1, 0.15) is 5.89 Å². The van der Waals surface area contributed by atoms with Crippen LogP contribution in [0.2, 0.25) is 5.02 Å². The van der Waals surface area contributed by atoms with Gasteiger partial charge >= 0.3 is 0 Å². The molecular weight excluding hydrogens is 408 g/mol. The van der Waals surface area contributed by atoms with E-state index in [1.54, 1.807) is 18.2 Å². The zero-order chi connectivity index (χ0) is 20.5. The van der Waals surface area contributed by atoms with E-state index < -0.39 is 0 Å². The third kappa shape index (κ3) is 3.65. The molecule has 2 aromatic heterocycles. The SMILES string of the molecule is O=c1ccc(-c2ccc3c(c2)OCO3)nn1CCc1nc(-c2ccc(Cl)cc2)no1. The summed E-state index contributed by atoms with van der Waals surface area (Å²) in [5, 5.41) is 9.08. The highest BCUT2D eigenvalue weighted by atomic mass is 35.5. The Kier molecular flexibility index (Phi) is 4.68. The Bertz CT molecular complexity index is 1270. The average molecular weight is 423 g/mol. The van der Waals surface area contributed by atoms with Crippen molar-refractivity contribution in [3.8, 4) is 34.1 Å². The molecule has 5 rings (SSSR count). The summed E-state index contributed by atoms with van der Waals surface area (Å²) in [4.78, 5) is 16.6. The van der Waals surface area contributed by atoms with Gasteiger partial charge in [0.1, 0.15) is 0 Å². The Morgan fingerprint density at radius 1 is 0.967 bits per heavy atom. The van der Waals surface area contributed by atoms with Crippen LogP contribution in [0.4, 0.5) is 0 Å². The maximum absolute atomic E-state index is 12.2. The van der Waals surface area contributed by atoms with E-state index in [1.807, 2.05) is 30.3 Å². The van der Waals surface area contributed by atoms with Crippen molar-refractivity contribution in [2.45, 2.75) is 13.0 Å². The van der Waals surface area contributed by atoms with Gasteiger partial charge in [0.15, 0.2) is 11.5 Å². The number of halogens is 1. The van der Waals surface area contributed by atoms with Crippen molar-refractivity contribution in [3.05, 3.63) is 75.9 Å². The Balaban J connectivity index is 1.34. The van der Waals surface area contributed by atoms with Gasteiger partial charge < -0.3 is 14.0 Å². The molecule has 0 unspecified atom stereocenters. The monoisotopic (exact) mass is 422 g/mol. The zero-order valence-corrected chi connectivity index (χ0v) is 16.4. The second kappa shape index (κ2) is 7.64. The second-order valence-corrected chi connectivity index (χ2v) is 7.05. The Morgan fingerprint density at radius 3 is 2.63 bits per heavy atom. The molecule has 0 amide bonds. The van der Waals surface area contributed by atoms with Crippen molar-refractivity contribution in [1.29, 1.82) is 0 Å². The number of aromatic nitrogens is 4. The number of rotatable bonds is 5. The highest BCUT2D eigenvalue weighted by Gasteiger charge is 2.15. The van der Waals surface area contributed by atoms with Crippen molar-refractivity contribution in [1.82, 2.24) is 19.9 Å². The lowest BCUT2D eigenvalue weighted by Crippen LogP contribution is -2.23. The van der Waals surface area contributed by atoms with Crippen LogP contribution in [-0.2, 0) is 13.0 Å². The number of fused-ring (bicyclic) bond motifs is 1. The molecule has 2 aromatic carbocycles. The molecule has 3 heterocycles. The van der Waals surface area contributed by atoms with Crippen molar-refractivity contribution >= 4 is 11.6 Å². The minimum atomic E-state index is -0.211. The third-order valence-corrected chi connectivity index (χ3v) is 4.89. The minimum Gasteiger partial charge on any atom is -0.454 e. The Hall–Kier alpha value is -3.65. The van der Waals surface area contributed by atoms with Crippen LogP contribution in [0, 0.1) is 0 Å². The number of nitrogens with zero attached hydrogens (tertiary/aromatic N) is 4. The van der Waals surface area contributed by atoms with Gasteiger partial charge in [0.2, 0.25) is 18.5 Å². The molecule has 8 nitrogen and oxygen atoms in total. The van der Waals surface area contributed by atoms with E-state index in [1.165, 1.54) is 10.7 Å². The van der Waals surface area contributed by atoms with Crippen molar-refractivity contribution < 1.29 is 14.0 Å². The van der Waals surface area contributed by atoms with Gasteiger partial charge in [-0.05, 0) is 48.5 Å². The Labute approximate surface area is 175 Å². The molecule has 1 aliphatic heterocycles. The predicted octanol–water partition coefficient (Wildman–Crippen LogP) is 3.59. The first-order chi connectivity index (χ1) is 14.7. The van der Waals surface area contributed by atoms with Crippen LogP contribution >= 0.6 is 11.6 Å². The lowest BCUT2D eigenvalue weighted by molar-refractivity contribution is 0.174. The lowest BCUT2D eigenvalue weighted by atomic mass is 10.1. The fourth-order valence-corrected chi connectivity index (χ4v) is 3.22. The summed E-state index contributed by atoms with van der Waals surface area (Å²) in [6, 6.07) is 15.9. The standard InChI is InChI=1S/C21H15ClN4O4/c22-15-4-1-13(2-5-15)21-23-19(30-25-21)9-10-26-20(27)8-6-16(24-26)14-3-7-17-18(11-14)29-12-28-17/h1-8,11H,9-10,12H2. The molecule has 0 fully saturated rings. The molecule has 0 saturated carbocycles. The molecule has 9 heteroatoms. The van der Waals surface area contributed by atoms with E-state index in [0.29, 0.717) is 46.9 Å². The van der Waals surface area contributed by atoms with Gasteiger partial charge in [-0.25, -0.2) is 4.68 Å². The maximum atomic E-state index is 12.2. The second-order valence-electron chi connectivity index (χ2n) is 6.62. The largest absolute Gasteiger partial charge is 0.454 e. The normalized spacial score (nSPS) is 12.3. The summed E-state index contributed by atoms with van der Waals surface area (Å²) in [5.41, 5.74) is 2.07. The first kappa shape index (κ1) is 18.4. The van der Waals surface area contributed by atoms with Gasteiger partial charge in [0, 0.05) is 28.6 Å². The van der Waals surface area contributed by atoms with Gasteiger partial charge in [-0.3, -0.25) is 4.79 Å². The van der Waals surface area contributed by atoms with Crippen LogP contribution in [-0.4, -0.2) is 26.7 Å². The van der Waals surface area contributed by atoms with Crippen LogP contribution in [0.3, 0.4) is 0 Å². The molecule has 150 valence electrons. The summed E-state index contributed by atoms with van der Waals surface area (Å²) in [6.45, 7) is 0.507. The molecule has 0 aliphatic carbocycles. The predicted molar refractivity (Wildman–Crippen MR) is 109 cm³/mol. The zero-order valence-electron chi connectivity index (χ0n) is 15.6. The molecule has 1 aliphatic rings. The van der Waals surface area contributed by atoms with E-state index in [4.69, 9.17) is 25.6 Å². The van der Waals surface area contributed by atoms with Gasteiger partial charge in [0.05, 0.1) is 12.2 Å². The topological polar surface area (TPSA) is 92.3 Å². The molecule has 0 atom stereocenters. The molecular formula is C21H15ClN4O4. The van der Waals surface area contributed by atoms with E-state index in [2.05, 4.69) is 15.2 Å². The highest BCUT2D eigenvalue weighted by molar-refractivity contribution is 6.30. The smallest absolute Gasteiger partial charge is 0.266 e. The highest BCUT2D eigenvalue weighted by Crippen LogP contribution is 2.35. The van der Waals surface area contributed by atoms with Crippen LogP contribution < -0.4 is 15.0 Å². The maximum Gasteiger partial charge on any atom is 0.266 e. The van der Waals surface area contributed by atoms with Crippen LogP contribution in [0.25, 0.3) is 22.6 Å². The van der Waals surface area contributed by atoms with Gasteiger partial charge in [0.25, 0.3) is 5.56 Å². The molecule has 0 N–H and O–H groups in total. The summed E-state index contributed by atoms with van der Waals surface area (Å²) in [6.07, 6.45) is 0.373. The first-order valence-corrected chi connectivity index (χ1v) is 9.60. The molecule has 0 spiro atoms. The van der Waals surface area contributed by atoms with E-state index in [0.717, 1.165) is 11.1 Å². The van der Waals surface area contributed by atoms with Gasteiger partial charge in [-0.1, -0.05) is 16.8 Å². The summed E-state index contributed by atoms with van der Waals surface area (Å²) in [5.74, 6) is 2.24. The molecule has 0 radical (unpaired) electrons. The third-order valence-electron chi connectivity index (χ3n) is 4.64. The fourth-order valence-electron chi connectivity index (χ4n) is 3.09. The van der Waals surface area contributed by atoms with Crippen LogP contribution in [0.15, 0.2) is 63.9 Å². The fraction of sp³-hybridized carbons (Fsp3) is 0.143. The molecule has 0 bridgehead atoms. The lowest BCUT2D eigenvalue weighted by Gasteiger charge is -2.06. The summed E-state index contributed by atoms with van der Waals surface area (Å²) < 4.78 is 17.4. The summed E-state index contributed by atoms with van der Waals surface area (Å²) in [7, 11) is 0. The van der Waals surface area contributed by atoms with E-state index in [-0.39, 0.29) is 12.4 Å². The van der Waals surface area contributed by atoms with E-state index >= 15 is 0 Å².